The van der Waals surface area contributed by atoms with Crippen LogP contribution in [-0.4, -0.2) is 23.5 Å². The topological polar surface area (TPSA) is 61.3 Å². The zero-order valence-corrected chi connectivity index (χ0v) is 5.85. The monoisotopic (exact) mass is 154 g/mol. The van der Waals surface area contributed by atoms with Crippen molar-refractivity contribution >= 4 is 6.47 Å². The molecule has 5 nitrogen and oxygen atoms in total. The number of nitrogens with zero attached hydrogens (tertiary/aromatic N) is 2. The average Bonchev–Trinajstić information content (AvgIpc) is 2.06. The van der Waals surface area contributed by atoms with E-state index in [1.54, 1.807) is 0 Å². The number of methoxy groups -OCH3 is 1. The summed E-state index contributed by atoms with van der Waals surface area (Å²) in [5.41, 5.74) is 0. The van der Waals surface area contributed by atoms with Crippen LogP contribution in [0.25, 0.3) is 0 Å². The van der Waals surface area contributed by atoms with Crippen molar-refractivity contribution in [1.82, 2.24) is 9.97 Å². The van der Waals surface area contributed by atoms with Crippen LogP contribution in [0.5, 0.6) is 11.6 Å². The third-order valence-corrected chi connectivity index (χ3v) is 1.01. The molecule has 0 aliphatic rings. The summed E-state index contributed by atoms with van der Waals surface area (Å²) in [6.07, 6.45) is 2.65. The molecule has 0 aromatic carbocycles. The first kappa shape index (κ1) is 7.46. The quantitative estimate of drug-likeness (QED) is 0.574. The van der Waals surface area contributed by atoms with Crippen molar-refractivity contribution in [3.8, 4) is 11.6 Å². The van der Waals surface area contributed by atoms with Crippen LogP contribution in [0.4, 0.5) is 0 Å². The van der Waals surface area contributed by atoms with Gasteiger partial charge in [0, 0.05) is 0 Å². The standard InChI is InChI=1S/C6H6N2O3/c1-10-6-5(11-4-9)2-7-3-8-6/h2-4H,1H3. The fraction of sp³-hybridized carbons (Fsp3) is 0.167. The smallest absolute Gasteiger partial charge is 0.298 e. The van der Waals surface area contributed by atoms with Crippen LogP contribution in [0.15, 0.2) is 12.5 Å². The lowest BCUT2D eigenvalue weighted by molar-refractivity contribution is -0.120. The number of hydrogen-bond donors (Lipinski definition) is 0. The molecule has 0 amide bonds. The predicted molar refractivity (Wildman–Crippen MR) is 35.3 cm³/mol. The van der Waals surface area contributed by atoms with Crippen molar-refractivity contribution in [2.24, 2.45) is 0 Å². The lowest BCUT2D eigenvalue weighted by Crippen LogP contribution is -1.95. The highest BCUT2D eigenvalue weighted by Crippen LogP contribution is 2.20. The molecule has 1 aromatic heterocycles. The highest BCUT2D eigenvalue weighted by atomic mass is 16.5. The number of rotatable bonds is 3. The van der Waals surface area contributed by atoms with Gasteiger partial charge >= 0.3 is 0 Å². The van der Waals surface area contributed by atoms with Crippen LogP contribution in [0.3, 0.4) is 0 Å². The van der Waals surface area contributed by atoms with Crippen molar-refractivity contribution < 1.29 is 14.3 Å². The molecule has 0 unspecified atom stereocenters. The molecular weight excluding hydrogens is 148 g/mol. The predicted octanol–water partition coefficient (Wildman–Crippen LogP) is 0.0204. The second kappa shape index (κ2) is 3.50. The van der Waals surface area contributed by atoms with Crippen LogP contribution >= 0.6 is 0 Å². The van der Waals surface area contributed by atoms with Crippen molar-refractivity contribution in [3.05, 3.63) is 12.5 Å². The molecule has 11 heavy (non-hydrogen) atoms. The first-order chi connectivity index (χ1) is 5.38. The van der Waals surface area contributed by atoms with Gasteiger partial charge in [-0.15, -0.1) is 0 Å². The fourth-order valence-corrected chi connectivity index (χ4v) is 0.592. The van der Waals surface area contributed by atoms with Gasteiger partial charge in [0.2, 0.25) is 5.75 Å². The summed E-state index contributed by atoms with van der Waals surface area (Å²) in [6, 6.07) is 0. The van der Waals surface area contributed by atoms with Crippen molar-refractivity contribution in [1.29, 1.82) is 0 Å². The Morgan fingerprint density at radius 1 is 1.64 bits per heavy atom. The Hall–Kier alpha value is -1.65. The normalized spacial score (nSPS) is 8.82. The first-order valence-corrected chi connectivity index (χ1v) is 2.82. The zero-order valence-electron chi connectivity index (χ0n) is 5.85. The largest absolute Gasteiger partial charge is 0.478 e. The highest BCUT2D eigenvalue weighted by molar-refractivity contribution is 5.47. The third kappa shape index (κ3) is 1.64. The average molecular weight is 154 g/mol. The molecule has 0 atom stereocenters. The molecule has 5 heteroatoms. The minimum absolute atomic E-state index is 0.213. The minimum atomic E-state index is 0.213. The van der Waals surface area contributed by atoms with Gasteiger partial charge < -0.3 is 9.47 Å². The van der Waals surface area contributed by atoms with E-state index in [1.807, 2.05) is 0 Å². The molecule has 0 fully saturated rings. The summed E-state index contributed by atoms with van der Waals surface area (Å²) in [7, 11) is 1.43. The Balaban J connectivity index is 2.92. The summed E-state index contributed by atoms with van der Waals surface area (Å²) >= 11 is 0. The maximum atomic E-state index is 9.91. The molecule has 1 aromatic rings. The maximum absolute atomic E-state index is 9.91. The van der Waals surface area contributed by atoms with Crippen molar-refractivity contribution in [2.75, 3.05) is 7.11 Å². The molecule has 0 saturated heterocycles. The van der Waals surface area contributed by atoms with Crippen LogP contribution in [0.1, 0.15) is 0 Å². The van der Waals surface area contributed by atoms with Gasteiger partial charge in [-0.25, -0.2) is 4.98 Å². The third-order valence-electron chi connectivity index (χ3n) is 1.01. The Bertz CT molecular complexity index is 251. The zero-order chi connectivity index (χ0) is 8.10. The molecule has 0 aliphatic heterocycles. The molecule has 0 spiro atoms. The van der Waals surface area contributed by atoms with E-state index in [9.17, 15) is 4.79 Å². The van der Waals surface area contributed by atoms with E-state index in [0.717, 1.165) is 0 Å². The summed E-state index contributed by atoms with van der Waals surface area (Å²) in [5, 5.41) is 0. The lowest BCUT2D eigenvalue weighted by atomic mass is 10.6. The SMILES string of the molecule is COc1ncncc1OC=O. The number of carbonyl (C=O) groups excluding carboxylic acids is 1. The molecule has 0 bridgehead atoms. The molecule has 0 saturated carbocycles. The Morgan fingerprint density at radius 2 is 2.45 bits per heavy atom. The number of carbonyl (C=O) groups is 1. The molecule has 1 rings (SSSR count). The molecular formula is C6H6N2O3. The van der Waals surface area contributed by atoms with E-state index in [1.165, 1.54) is 19.6 Å². The van der Waals surface area contributed by atoms with Crippen LogP contribution in [0.2, 0.25) is 0 Å². The fourth-order valence-electron chi connectivity index (χ4n) is 0.592. The summed E-state index contributed by atoms with van der Waals surface area (Å²) < 4.78 is 9.26. The number of ether oxygens (including phenoxy) is 2. The second-order valence-corrected chi connectivity index (χ2v) is 1.61. The Kier molecular flexibility index (Phi) is 2.37. The van der Waals surface area contributed by atoms with Gasteiger partial charge in [-0.1, -0.05) is 0 Å². The van der Waals surface area contributed by atoms with E-state index in [2.05, 4.69) is 14.7 Å². The van der Waals surface area contributed by atoms with Gasteiger partial charge in [0.15, 0.2) is 0 Å². The Morgan fingerprint density at radius 3 is 3.09 bits per heavy atom. The number of hydrogen-bond acceptors (Lipinski definition) is 5. The lowest BCUT2D eigenvalue weighted by Gasteiger charge is -2.01. The van der Waals surface area contributed by atoms with E-state index in [0.29, 0.717) is 6.47 Å². The van der Waals surface area contributed by atoms with Gasteiger partial charge in [0.05, 0.1) is 13.3 Å². The van der Waals surface area contributed by atoms with Gasteiger partial charge in [-0.3, -0.25) is 4.79 Å². The van der Waals surface area contributed by atoms with Crippen LogP contribution in [0, 0.1) is 0 Å². The molecule has 0 aliphatic carbocycles. The van der Waals surface area contributed by atoms with Gasteiger partial charge in [-0.05, 0) is 0 Å². The van der Waals surface area contributed by atoms with Crippen molar-refractivity contribution in [2.45, 2.75) is 0 Å². The molecule has 58 valence electrons. The van der Waals surface area contributed by atoms with E-state index in [-0.39, 0.29) is 11.6 Å². The van der Waals surface area contributed by atoms with Gasteiger partial charge in [0.1, 0.15) is 6.33 Å². The van der Waals surface area contributed by atoms with E-state index >= 15 is 0 Å². The minimum Gasteiger partial charge on any atom is -0.478 e. The molecule has 0 radical (unpaired) electrons. The summed E-state index contributed by atoms with van der Waals surface area (Å²) in [6.45, 7) is 0.293. The summed E-state index contributed by atoms with van der Waals surface area (Å²) in [4.78, 5) is 17.2. The summed E-state index contributed by atoms with van der Waals surface area (Å²) in [5.74, 6) is 0.456. The van der Waals surface area contributed by atoms with E-state index < -0.39 is 0 Å². The highest BCUT2D eigenvalue weighted by Gasteiger charge is 2.02. The van der Waals surface area contributed by atoms with Gasteiger partial charge in [0.25, 0.3) is 12.4 Å². The van der Waals surface area contributed by atoms with Crippen LogP contribution in [-0.2, 0) is 4.79 Å². The first-order valence-electron chi connectivity index (χ1n) is 2.82. The van der Waals surface area contributed by atoms with E-state index in [4.69, 9.17) is 4.74 Å². The number of aromatic nitrogens is 2. The second-order valence-electron chi connectivity index (χ2n) is 1.61. The maximum Gasteiger partial charge on any atom is 0.298 e. The molecule has 1 heterocycles. The Labute approximate surface area is 63.0 Å². The van der Waals surface area contributed by atoms with Gasteiger partial charge in [-0.2, -0.15) is 4.98 Å². The van der Waals surface area contributed by atoms with Crippen molar-refractivity contribution in [3.63, 3.8) is 0 Å². The van der Waals surface area contributed by atoms with Crippen LogP contribution < -0.4 is 9.47 Å². The molecule has 0 N–H and O–H groups in total.